The Kier molecular flexibility index (Phi) is 8.35. The van der Waals surface area contributed by atoms with Crippen LogP contribution in [0.1, 0.15) is 28.2 Å². The van der Waals surface area contributed by atoms with Crippen LogP contribution in [0, 0.1) is 0 Å². The van der Waals surface area contributed by atoms with Gasteiger partial charge < -0.3 is 19.0 Å². The fourth-order valence-electron chi connectivity index (χ4n) is 4.90. The summed E-state index contributed by atoms with van der Waals surface area (Å²) in [5.41, 5.74) is 5.86. The molecule has 1 atom stereocenters. The number of hydrogen-bond acceptors (Lipinski definition) is 7. The quantitative estimate of drug-likeness (QED) is 0.205. The van der Waals surface area contributed by atoms with Crippen molar-refractivity contribution in [2.24, 2.45) is 0 Å². The second kappa shape index (κ2) is 12.3. The molecule has 0 aromatic heterocycles. The van der Waals surface area contributed by atoms with Crippen molar-refractivity contribution in [3.8, 4) is 16.9 Å². The summed E-state index contributed by atoms with van der Waals surface area (Å²) in [6.45, 7) is 0.146. The Morgan fingerprint density at radius 2 is 1.34 bits per heavy atom. The Morgan fingerprint density at radius 1 is 0.756 bits per heavy atom. The minimum absolute atomic E-state index is 0.0453. The van der Waals surface area contributed by atoms with Crippen LogP contribution >= 0.6 is 0 Å². The van der Waals surface area contributed by atoms with E-state index in [1.807, 2.05) is 66.7 Å². The zero-order valence-electron chi connectivity index (χ0n) is 22.4. The summed E-state index contributed by atoms with van der Waals surface area (Å²) in [5, 5.41) is 2.66. The van der Waals surface area contributed by atoms with E-state index in [2.05, 4.69) is 17.4 Å². The van der Waals surface area contributed by atoms with Gasteiger partial charge in [-0.1, -0.05) is 91.0 Å². The molecular weight excluding hydrogens is 542 g/mol. The van der Waals surface area contributed by atoms with Gasteiger partial charge in [-0.25, -0.2) is 9.59 Å². The molecule has 4 aromatic rings. The number of carbonyl (C=O) groups excluding carboxylic acids is 2. The molecule has 1 aliphatic rings. The highest BCUT2D eigenvalue weighted by atomic mass is 32.2. The summed E-state index contributed by atoms with van der Waals surface area (Å²) in [6.07, 6.45) is 0.306. The third-order valence-corrected chi connectivity index (χ3v) is 7.25. The van der Waals surface area contributed by atoms with Crippen LogP contribution in [0.25, 0.3) is 11.1 Å². The van der Waals surface area contributed by atoms with Gasteiger partial charge in [0.1, 0.15) is 25.0 Å². The summed E-state index contributed by atoms with van der Waals surface area (Å²) in [5.74, 6) is -0.609. The topological polar surface area (TPSA) is 108 Å². The molecule has 0 aliphatic heterocycles. The average molecular weight is 572 g/mol. The number of alkyl carbamates (subject to hydrolysis) is 1. The third-order valence-electron chi connectivity index (χ3n) is 6.75. The number of esters is 1. The van der Waals surface area contributed by atoms with Gasteiger partial charge in [-0.2, -0.15) is 8.42 Å². The molecule has 0 fully saturated rings. The molecule has 1 amide bonds. The third kappa shape index (κ3) is 7.12. The van der Waals surface area contributed by atoms with Crippen LogP contribution in [-0.2, 0) is 37.4 Å². The van der Waals surface area contributed by atoms with Gasteiger partial charge in [0.05, 0.1) is 6.26 Å². The lowest BCUT2D eigenvalue weighted by molar-refractivity contribution is -0.147. The molecule has 0 spiro atoms. The molecule has 5 rings (SSSR count). The molecule has 0 heterocycles. The Morgan fingerprint density at radius 3 is 1.95 bits per heavy atom. The van der Waals surface area contributed by atoms with E-state index >= 15 is 0 Å². The Balaban J connectivity index is 1.27. The van der Waals surface area contributed by atoms with E-state index in [0.29, 0.717) is 5.56 Å². The van der Waals surface area contributed by atoms with E-state index < -0.39 is 28.2 Å². The standard InChI is InChI=1S/C32H29NO7S/c1-41(36,37)40-24-17-15-22(16-18-24)19-30(31(34)38-20-23-9-3-2-4-10-23)33-32(35)39-21-29-27-13-7-5-11-25(27)26-12-6-8-14-28(26)29/h2-18,29-30H,19-21H2,1H3,(H,33,35)/t30-/m0/s1. The average Bonchev–Trinajstić information content (AvgIpc) is 3.29. The molecule has 0 unspecified atom stereocenters. The van der Waals surface area contributed by atoms with Crippen LogP contribution in [-0.4, -0.2) is 39.4 Å². The fraction of sp³-hybridized carbons (Fsp3) is 0.188. The van der Waals surface area contributed by atoms with Crippen LogP contribution in [0.3, 0.4) is 0 Å². The normalized spacial score (nSPS) is 13.0. The maximum Gasteiger partial charge on any atom is 0.407 e. The van der Waals surface area contributed by atoms with E-state index in [-0.39, 0.29) is 31.3 Å². The number of carbonyl (C=O) groups is 2. The Bertz CT molecular complexity index is 1590. The van der Waals surface area contributed by atoms with Gasteiger partial charge in [-0.15, -0.1) is 0 Å². The molecule has 1 N–H and O–H groups in total. The maximum atomic E-state index is 13.1. The monoisotopic (exact) mass is 571 g/mol. The van der Waals surface area contributed by atoms with Crippen molar-refractivity contribution >= 4 is 22.2 Å². The lowest BCUT2D eigenvalue weighted by atomic mass is 9.98. The first kappa shape index (κ1) is 27.9. The van der Waals surface area contributed by atoms with Crippen LogP contribution in [0.4, 0.5) is 4.79 Å². The van der Waals surface area contributed by atoms with Gasteiger partial charge in [-0.05, 0) is 45.5 Å². The number of benzene rings is 4. The van der Waals surface area contributed by atoms with E-state index in [0.717, 1.165) is 34.1 Å². The van der Waals surface area contributed by atoms with E-state index in [4.69, 9.17) is 13.7 Å². The van der Waals surface area contributed by atoms with Crippen LogP contribution in [0.5, 0.6) is 5.75 Å². The predicted octanol–water partition coefficient (Wildman–Crippen LogP) is 5.22. The van der Waals surface area contributed by atoms with Crippen molar-refractivity contribution < 1.29 is 31.7 Å². The molecule has 4 aromatic carbocycles. The second-order valence-electron chi connectivity index (χ2n) is 9.75. The van der Waals surface area contributed by atoms with Gasteiger partial charge in [0.2, 0.25) is 0 Å². The lowest BCUT2D eigenvalue weighted by Gasteiger charge is -2.19. The summed E-state index contributed by atoms with van der Waals surface area (Å²) in [7, 11) is -3.67. The fourth-order valence-corrected chi connectivity index (χ4v) is 5.36. The predicted molar refractivity (Wildman–Crippen MR) is 154 cm³/mol. The molecule has 0 radical (unpaired) electrons. The molecular formula is C32H29NO7S. The first-order valence-electron chi connectivity index (χ1n) is 13.1. The van der Waals surface area contributed by atoms with Crippen LogP contribution in [0.2, 0.25) is 0 Å². The van der Waals surface area contributed by atoms with Crippen molar-refractivity contribution in [1.29, 1.82) is 0 Å². The number of ether oxygens (including phenoxy) is 2. The molecule has 0 saturated carbocycles. The number of rotatable bonds is 10. The molecule has 41 heavy (non-hydrogen) atoms. The van der Waals surface area contributed by atoms with Crippen molar-refractivity contribution in [1.82, 2.24) is 5.32 Å². The summed E-state index contributed by atoms with van der Waals surface area (Å²) < 4.78 is 38.9. The Labute approximate surface area is 239 Å². The van der Waals surface area contributed by atoms with E-state index in [9.17, 15) is 18.0 Å². The molecule has 8 nitrogen and oxygen atoms in total. The number of hydrogen-bond donors (Lipinski definition) is 1. The Hall–Kier alpha value is -4.63. The van der Waals surface area contributed by atoms with Gasteiger partial charge in [0.25, 0.3) is 0 Å². The van der Waals surface area contributed by atoms with Crippen LogP contribution < -0.4 is 9.50 Å². The minimum atomic E-state index is -3.67. The highest BCUT2D eigenvalue weighted by molar-refractivity contribution is 7.86. The first-order chi connectivity index (χ1) is 19.8. The number of nitrogens with one attached hydrogen (secondary N) is 1. The first-order valence-corrected chi connectivity index (χ1v) is 14.9. The highest BCUT2D eigenvalue weighted by Crippen LogP contribution is 2.44. The molecule has 0 bridgehead atoms. The largest absolute Gasteiger partial charge is 0.459 e. The number of fused-ring (bicyclic) bond motifs is 3. The highest BCUT2D eigenvalue weighted by Gasteiger charge is 2.30. The van der Waals surface area contributed by atoms with Gasteiger partial charge >= 0.3 is 22.2 Å². The van der Waals surface area contributed by atoms with Crippen molar-refractivity contribution in [3.05, 3.63) is 125 Å². The van der Waals surface area contributed by atoms with Gasteiger partial charge in [0.15, 0.2) is 0 Å². The smallest absolute Gasteiger partial charge is 0.407 e. The van der Waals surface area contributed by atoms with Crippen LogP contribution in [0.15, 0.2) is 103 Å². The summed E-state index contributed by atoms with van der Waals surface area (Å²) >= 11 is 0. The zero-order chi connectivity index (χ0) is 28.8. The van der Waals surface area contributed by atoms with Crippen molar-refractivity contribution in [2.45, 2.75) is 25.0 Å². The summed E-state index contributed by atoms with van der Waals surface area (Å²) in [4.78, 5) is 26.1. The minimum Gasteiger partial charge on any atom is -0.459 e. The van der Waals surface area contributed by atoms with E-state index in [1.54, 1.807) is 12.1 Å². The molecule has 0 saturated heterocycles. The zero-order valence-corrected chi connectivity index (χ0v) is 23.2. The van der Waals surface area contributed by atoms with Crippen molar-refractivity contribution in [2.75, 3.05) is 12.9 Å². The second-order valence-corrected chi connectivity index (χ2v) is 11.3. The lowest BCUT2D eigenvalue weighted by Crippen LogP contribution is -2.43. The molecule has 1 aliphatic carbocycles. The SMILES string of the molecule is CS(=O)(=O)Oc1ccc(C[C@H](NC(=O)OCC2c3ccccc3-c3ccccc32)C(=O)OCc2ccccc2)cc1. The van der Waals surface area contributed by atoms with E-state index in [1.165, 1.54) is 12.1 Å². The van der Waals surface area contributed by atoms with Crippen molar-refractivity contribution in [3.63, 3.8) is 0 Å². The van der Waals surface area contributed by atoms with Gasteiger partial charge in [0, 0.05) is 12.3 Å². The number of amides is 1. The van der Waals surface area contributed by atoms with Gasteiger partial charge in [-0.3, -0.25) is 0 Å². The maximum absolute atomic E-state index is 13.1. The molecule has 9 heteroatoms. The molecule has 210 valence electrons. The summed E-state index contributed by atoms with van der Waals surface area (Å²) in [6, 6.07) is 30.4.